The molecule has 106 valence electrons. The molecule has 1 aliphatic rings. The van der Waals surface area contributed by atoms with E-state index in [2.05, 4.69) is 37.4 Å². The lowest BCUT2D eigenvalue weighted by atomic mass is 10.0. The predicted molar refractivity (Wildman–Crippen MR) is 77.6 cm³/mol. The minimum absolute atomic E-state index is 0.247. The highest BCUT2D eigenvalue weighted by Crippen LogP contribution is 2.32. The van der Waals surface area contributed by atoms with E-state index < -0.39 is 0 Å². The van der Waals surface area contributed by atoms with Crippen molar-refractivity contribution in [3.63, 3.8) is 0 Å². The summed E-state index contributed by atoms with van der Waals surface area (Å²) in [5.41, 5.74) is 2.46. The second-order valence-corrected chi connectivity index (χ2v) is 5.44. The van der Waals surface area contributed by atoms with E-state index in [-0.39, 0.29) is 6.10 Å². The van der Waals surface area contributed by atoms with E-state index >= 15 is 0 Å². The van der Waals surface area contributed by atoms with E-state index in [0.29, 0.717) is 12.6 Å². The zero-order valence-corrected chi connectivity index (χ0v) is 12.0. The van der Waals surface area contributed by atoms with Gasteiger partial charge in [0.2, 0.25) is 0 Å². The van der Waals surface area contributed by atoms with Gasteiger partial charge in [-0.05, 0) is 37.8 Å². The minimum atomic E-state index is -0.247. The van der Waals surface area contributed by atoms with Crippen LogP contribution in [0.25, 0.3) is 0 Å². The number of aliphatic hydroxyl groups is 1. The van der Waals surface area contributed by atoms with Gasteiger partial charge in [0.05, 0.1) is 12.7 Å². The number of fused-ring (bicyclic) bond motifs is 1. The second-order valence-electron chi connectivity index (χ2n) is 5.44. The molecule has 0 fully saturated rings. The fraction of sp³-hybridized carbons (Fsp3) is 0.625. The third-order valence-electron chi connectivity index (χ3n) is 3.66. The molecule has 0 saturated carbocycles. The summed E-state index contributed by atoms with van der Waals surface area (Å²) < 4.78 is 5.81. The van der Waals surface area contributed by atoms with Crippen LogP contribution >= 0.6 is 0 Å². The maximum atomic E-state index is 9.85. The monoisotopic (exact) mass is 263 g/mol. The highest BCUT2D eigenvalue weighted by molar-refractivity contribution is 5.39. The van der Waals surface area contributed by atoms with Gasteiger partial charge in [0.15, 0.2) is 0 Å². The molecule has 0 aliphatic carbocycles. The topological polar surface area (TPSA) is 41.5 Å². The Balaban J connectivity index is 2.05. The molecule has 0 bridgehead atoms. The zero-order valence-electron chi connectivity index (χ0n) is 12.0. The number of hydrogen-bond acceptors (Lipinski definition) is 3. The summed E-state index contributed by atoms with van der Waals surface area (Å²) in [5.74, 6) is 1.000. The number of nitrogens with one attached hydrogen (secondary N) is 1. The van der Waals surface area contributed by atoms with Crippen molar-refractivity contribution >= 4 is 0 Å². The molecular formula is C16H25NO2. The van der Waals surface area contributed by atoms with Crippen molar-refractivity contribution in [3.05, 3.63) is 29.3 Å². The number of benzene rings is 1. The Morgan fingerprint density at radius 3 is 3.11 bits per heavy atom. The summed E-state index contributed by atoms with van der Waals surface area (Å²) >= 11 is 0. The highest BCUT2D eigenvalue weighted by atomic mass is 16.5. The van der Waals surface area contributed by atoms with E-state index in [4.69, 9.17) is 4.74 Å². The van der Waals surface area contributed by atoms with Crippen LogP contribution in [0.1, 0.15) is 49.8 Å². The first-order valence-electron chi connectivity index (χ1n) is 7.35. The number of aryl methyl sites for hydroxylation is 1. The molecule has 0 radical (unpaired) electrons. The molecular weight excluding hydrogens is 238 g/mol. The van der Waals surface area contributed by atoms with Crippen LogP contribution in [0.15, 0.2) is 18.2 Å². The molecule has 2 atom stereocenters. The van der Waals surface area contributed by atoms with Crippen LogP contribution in [0, 0.1) is 6.92 Å². The van der Waals surface area contributed by atoms with Gasteiger partial charge in [-0.25, -0.2) is 0 Å². The van der Waals surface area contributed by atoms with Crippen LogP contribution in [0.5, 0.6) is 5.75 Å². The van der Waals surface area contributed by atoms with Crippen LogP contribution in [-0.2, 0) is 0 Å². The first kappa shape index (κ1) is 14.4. The van der Waals surface area contributed by atoms with E-state index in [0.717, 1.165) is 38.0 Å². The maximum Gasteiger partial charge on any atom is 0.124 e. The molecule has 19 heavy (non-hydrogen) atoms. The second kappa shape index (κ2) is 6.92. The minimum Gasteiger partial charge on any atom is -0.493 e. The van der Waals surface area contributed by atoms with Gasteiger partial charge in [0.1, 0.15) is 5.75 Å². The highest BCUT2D eigenvalue weighted by Gasteiger charge is 2.20. The Bertz CT molecular complexity index is 406. The molecule has 1 heterocycles. The largest absolute Gasteiger partial charge is 0.493 e. The van der Waals surface area contributed by atoms with Gasteiger partial charge in [0.25, 0.3) is 0 Å². The van der Waals surface area contributed by atoms with Crippen LogP contribution in [0.3, 0.4) is 0 Å². The Morgan fingerprint density at radius 1 is 1.47 bits per heavy atom. The first-order valence-corrected chi connectivity index (χ1v) is 7.35. The van der Waals surface area contributed by atoms with Gasteiger partial charge in [-0.1, -0.05) is 25.5 Å². The molecule has 0 spiro atoms. The predicted octanol–water partition coefficient (Wildman–Crippen LogP) is 2.96. The van der Waals surface area contributed by atoms with Crippen molar-refractivity contribution in [2.75, 3.05) is 13.2 Å². The third kappa shape index (κ3) is 3.95. The average molecular weight is 263 g/mol. The Morgan fingerprint density at radius 2 is 2.32 bits per heavy atom. The molecule has 0 amide bonds. The van der Waals surface area contributed by atoms with Crippen molar-refractivity contribution in [1.29, 1.82) is 0 Å². The third-order valence-corrected chi connectivity index (χ3v) is 3.66. The number of hydrogen-bond donors (Lipinski definition) is 2. The van der Waals surface area contributed by atoms with Crippen LogP contribution in [0.4, 0.5) is 0 Å². The summed E-state index contributed by atoms with van der Waals surface area (Å²) in [6, 6.07) is 6.69. The van der Waals surface area contributed by atoms with Crippen molar-refractivity contribution in [3.8, 4) is 5.75 Å². The smallest absolute Gasteiger partial charge is 0.124 e. The fourth-order valence-corrected chi connectivity index (χ4v) is 2.61. The van der Waals surface area contributed by atoms with Gasteiger partial charge in [-0.2, -0.15) is 0 Å². The molecule has 2 unspecified atom stereocenters. The Labute approximate surface area is 116 Å². The summed E-state index contributed by atoms with van der Waals surface area (Å²) in [5, 5.41) is 13.3. The van der Waals surface area contributed by atoms with Gasteiger partial charge in [-0.15, -0.1) is 0 Å². The van der Waals surface area contributed by atoms with E-state index in [1.54, 1.807) is 0 Å². The fourth-order valence-electron chi connectivity index (χ4n) is 2.61. The zero-order chi connectivity index (χ0) is 13.7. The van der Waals surface area contributed by atoms with Gasteiger partial charge < -0.3 is 15.2 Å². The van der Waals surface area contributed by atoms with E-state index in [9.17, 15) is 5.11 Å². The summed E-state index contributed by atoms with van der Waals surface area (Å²) in [6.07, 6.45) is 3.75. The molecule has 2 rings (SSSR count). The summed E-state index contributed by atoms with van der Waals surface area (Å²) in [7, 11) is 0. The first-order chi connectivity index (χ1) is 9.20. The summed E-state index contributed by atoms with van der Waals surface area (Å²) in [6.45, 7) is 5.63. The molecule has 3 heteroatoms. The molecule has 0 aromatic heterocycles. The van der Waals surface area contributed by atoms with Crippen molar-refractivity contribution in [2.45, 2.75) is 51.7 Å². The maximum absolute atomic E-state index is 9.85. The molecule has 3 nitrogen and oxygen atoms in total. The van der Waals surface area contributed by atoms with Crippen molar-refractivity contribution in [1.82, 2.24) is 5.32 Å². The molecule has 1 aromatic carbocycles. The summed E-state index contributed by atoms with van der Waals surface area (Å²) in [4.78, 5) is 0. The lowest BCUT2D eigenvalue weighted by molar-refractivity contribution is 0.155. The average Bonchev–Trinajstić information content (AvgIpc) is 2.58. The van der Waals surface area contributed by atoms with Gasteiger partial charge in [0, 0.05) is 18.2 Å². The molecule has 0 saturated heterocycles. The lowest BCUT2D eigenvalue weighted by Gasteiger charge is -2.20. The molecule has 1 aliphatic heterocycles. The number of ether oxygens (including phenoxy) is 1. The van der Waals surface area contributed by atoms with Gasteiger partial charge in [-0.3, -0.25) is 0 Å². The van der Waals surface area contributed by atoms with Crippen LogP contribution in [0.2, 0.25) is 0 Å². The Hall–Kier alpha value is -1.06. The van der Waals surface area contributed by atoms with Crippen molar-refractivity contribution in [2.24, 2.45) is 0 Å². The quantitative estimate of drug-likeness (QED) is 0.858. The number of rotatable bonds is 5. The standard InChI is InChI=1S/C16H25NO2/c1-3-5-13(18)11-17-15-6-4-9-19-16-10-12(2)7-8-14(15)16/h7-8,10,13,15,17-18H,3-6,9,11H2,1-2H3. The Kier molecular flexibility index (Phi) is 5.23. The van der Waals surface area contributed by atoms with Crippen molar-refractivity contribution < 1.29 is 9.84 Å². The normalized spacial score (nSPS) is 20.3. The molecule has 2 N–H and O–H groups in total. The molecule has 1 aromatic rings. The van der Waals surface area contributed by atoms with Crippen LogP contribution in [-0.4, -0.2) is 24.4 Å². The number of aliphatic hydroxyl groups excluding tert-OH is 1. The van der Waals surface area contributed by atoms with E-state index in [1.165, 1.54) is 11.1 Å². The lowest BCUT2D eigenvalue weighted by Crippen LogP contribution is -2.30. The van der Waals surface area contributed by atoms with Crippen LogP contribution < -0.4 is 10.1 Å². The van der Waals surface area contributed by atoms with E-state index in [1.807, 2.05) is 0 Å². The van der Waals surface area contributed by atoms with Gasteiger partial charge >= 0.3 is 0 Å². The SMILES string of the molecule is CCCC(O)CNC1CCCOc2cc(C)ccc21.